The van der Waals surface area contributed by atoms with E-state index in [-0.39, 0.29) is 6.04 Å². The third-order valence-corrected chi connectivity index (χ3v) is 2.80. The van der Waals surface area contributed by atoms with Crippen LogP contribution in [0.2, 0.25) is 0 Å². The second-order valence-electron chi connectivity index (χ2n) is 4.65. The first-order valence-corrected chi connectivity index (χ1v) is 6.07. The maximum Gasteiger partial charge on any atom is 0.0940 e. The Morgan fingerprint density at radius 3 is 2.12 bits per heavy atom. The van der Waals surface area contributed by atoms with Crippen LogP contribution < -0.4 is 5.32 Å². The molecule has 0 fully saturated rings. The number of rotatable bonds is 5. The molecular weight excluding hydrogens is 198 g/mol. The Bertz CT molecular complexity index is 305. The Morgan fingerprint density at radius 2 is 1.69 bits per heavy atom. The van der Waals surface area contributed by atoms with Crippen molar-refractivity contribution < 1.29 is 5.11 Å². The number of aryl methyl sites for hydroxylation is 1. The quantitative estimate of drug-likeness (QED) is 0.801. The molecule has 1 aromatic rings. The highest BCUT2D eigenvalue weighted by Gasteiger charge is 2.16. The highest BCUT2D eigenvalue weighted by atomic mass is 16.3. The van der Waals surface area contributed by atoms with Crippen LogP contribution in [-0.4, -0.2) is 17.2 Å². The molecule has 2 unspecified atom stereocenters. The highest BCUT2D eigenvalue weighted by molar-refractivity contribution is 5.24. The molecule has 1 aromatic carbocycles. The molecule has 0 bridgehead atoms. The van der Waals surface area contributed by atoms with E-state index in [0.717, 1.165) is 12.0 Å². The molecule has 2 atom stereocenters. The summed E-state index contributed by atoms with van der Waals surface area (Å²) in [6.45, 7) is 8.32. The molecule has 0 radical (unpaired) electrons. The number of aliphatic hydroxyl groups excluding tert-OH is 1. The van der Waals surface area contributed by atoms with E-state index in [2.05, 4.69) is 38.2 Å². The number of hydrogen-bond acceptors (Lipinski definition) is 2. The molecule has 0 spiro atoms. The third-order valence-electron chi connectivity index (χ3n) is 2.80. The standard InChI is InChI=1S/C14H23NO/c1-5-12-6-8-13(9-7-12)14(16)11(4)15-10(2)3/h6-11,14-16H,5H2,1-4H3. The second kappa shape index (κ2) is 6.02. The summed E-state index contributed by atoms with van der Waals surface area (Å²) in [6, 6.07) is 8.66. The fourth-order valence-electron chi connectivity index (χ4n) is 1.86. The molecule has 0 saturated carbocycles. The molecule has 90 valence electrons. The maximum absolute atomic E-state index is 10.1. The van der Waals surface area contributed by atoms with Crippen LogP contribution in [0.3, 0.4) is 0 Å². The Balaban J connectivity index is 2.67. The van der Waals surface area contributed by atoms with Crippen LogP contribution in [0.4, 0.5) is 0 Å². The minimum Gasteiger partial charge on any atom is -0.387 e. The van der Waals surface area contributed by atoms with E-state index >= 15 is 0 Å². The Morgan fingerprint density at radius 1 is 1.12 bits per heavy atom. The average molecular weight is 221 g/mol. The third kappa shape index (κ3) is 3.62. The molecule has 0 amide bonds. The fraction of sp³-hybridized carbons (Fsp3) is 0.571. The molecule has 0 aliphatic rings. The van der Waals surface area contributed by atoms with Gasteiger partial charge in [0, 0.05) is 12.1 Å². The van der Waals surface area contributed by atoms with Crippen molar-refractivity contribution in [3.8, 4) is 0 Å². The minimum absolute atomic E-state index is 0.0764. The van der Waals surface area contributed by atoms with E-state index in [0.29, 0.717) is 6.04 Å². The van der Waals surface area contributed by atoms with E-state index in [4.69, 9.17) is 0 Å². The summed E-state index contributed by atoms with van der Waals surface area (Å²) in [7, 11) is 0. The van der Waals surface area contributed by atoms with E-state index < -0.39 is 6.10 Å². The molecule has 1 rings (SSSR count). The number of hydrogen-bond donors (Lipinski definition) is 2. The second-order valence-corrected chi connectivity index (χ2v) is 4.65. The lowest BCUT2D eigenvalue weighted by Gasteiger charge is -2.23. The van der Waals surface area contributed by atoms with Crippen LogP contribution in [0.1, 0.15) is 44.9 Å². The first-order valence-electron chi connectivity index (χ1n) is 6.07. The van der Waals surface area contributed by atoms with Crippen molar-refractivity contribution in [1.29, 1.82) is 0 Å². The summed E-state index contributed by atoms with van der Waals surface area (Å²) in [5, 5.41) is 13.5. The zero-order valence-electron chi connectivity index (χ0n) is 10.7. The predicted molar refractivity (Wildman–Crippen MR) is 68.5 cm³/mol. The van der Waals surface area contributed by atoms with Gasteiger partial charge in [-0.15, -0.1) is 0 Å². The van der Waals surface area contributed by atoms with Crippen LogP contribution >= 0.6 is 0 Å². The van der Waals surface area contributed by atoms with Crippen molar-refractivity contribution in [2.45, 2.75) is 52.3 Å². The van der Waals surface area contributed by atoms with Gasteiger partial charge in [0.15, 0.2) is 0 Å². The summed E-state index contributed by atoms with van der Waals surface area (Å²) >= 11 is 0. The number of nitrogens with one attached hydrogen (secondary N) is 1. The molecule has 0 aromatic heterocycles. The van der Waals surface area contributed by atoms with E-state index in [9.17, 15) is 5.11 Å². The van der Waals surface area contributed by atoms with Crippen LogP contribution in [0, 0.1) is 0 Å². The van der Waals surface area contributed by atoms with Crippen molar-refractivity contribution in [2.24, 2.45) is 0 Å². The Hall–Kier alpha value is -0.860. The zero-order valence-corrected chi connectivity index (χ0v) is 10.7. The van der Waals surface area contributed by atoms with Gasteiger partial charge in [-0.25, -0.2) is 0 Å². The first kappa shape index (κ1) is 13.2. The van der Waals surface area contributed by atoms with Crippen LogP contribution in [0.15, 0.2) is 24.3 Å². The molecule has 0 heterocycles. The van der Waals surface area contributed by atoms with Gasteiger partial charge in [-0.1, -0.05) is 45.0 Å². The topological polar surface area (TPSA) is 32.3 Å². The molecule has 0 aliphatic carbocycles. The molecule has 0 aliphatic heterocycles. The summed E-state index contributed by atoms with van der Waals surface area (Å²) in [4.78, 5) is 0. The SMILES string of the molecule is CCc1ccc(C(O)C(C)NC(C)C)cc1. The summed E-state index contributed by atoms with van der Waals surface area (Å²) < 4.78 is 0. The molecule has 16 heavy (non-hydrogen) atoms. The molecule has 0 saturated heterocycles. The van der Waals surface area contributed by atoms with Crippen molar-refractivity contribution in [3.63, 3.8) is 0 Å². The lowest BCUT2D eigenvalue weighted by atomic mass is 10.0. The fourth-order valence-corrected chi connectivity index (χ4v) is 1.86. The van der Waals surface area contributed by atoms with Crippen LogP contribution in [0.25, 0.3) is 0 Å². The highest BCUT2D eigenvalue weighted by Crippen LogP contribution is 2.17. The Kier molecular flexibility index (Phi) is 4.97. The van der Waals surface area contributed by atoms with Crippen molar-refractivity contribution in [1.82, 2.24) is 5.32 Å². The van der Waals surface area contributed by atoms with E-state index in [1.807, 2.05) is 19.1 Å². The van der Waals surface area contributed by atoms with Crippen molar-refractivity contribution in [3.05, 3.63) is 35.4 Å². The average Bonchev–Trinajstić information content (AvgIpc) is 2.27. The van der Waals surface area contributed by atoms with Gasteiger partial charge >= 0.3 is 0 Å². The van der Waals surface area contributed by atoms with Gasteiger partial charge < -0.3 is 10.4 Å². The molecule has 2 nitrogen and oxygen atoms in total. The summed E-state index contributed by atoms with van der Waals surface area (Å²) in [6.07, 6.45) is 0.601. The predicted octanol–water partition coefficient (Wildman–Crippen LogP) is 2.67. The first-order chi connectivity index (χ1) is 7.54. The monoisotopic (exact) mass is 221 g/mol. The maximum atomic E-state index is 10.1. The van der Waals surface area contributed by atoms with E-state index in [1.54, 1.807) is 0 Å². The van der Waals surface area contributed by atoms with Gasteiger partial charge in [-0.2, -0.15) is 0 Å². The van der Waals surface area contributed by atoms with Gasteiger partial charge in [-0.05, 0) is 24.5 Å². The van der Waals surface area contributed by atoms with Gasteiger partial charge in [-0.3, -0.25) is 0 Å². The summed E-state index contributed by atoms with van der Waals surface area (Å²) in [5.74, 6) is 0. The van der Waals surface area contributed by atoms with E-state index in [1.165, 1.54) is 5.56 Å². The van der Waals surface area contributed by atoms with Crippen molar-refractivity contribution in [2.75, 3.05) is 0 Å². The zero-order chi connectivity index (χ0) is 12.1. The Labute approximate surface area is 98.7 Å². The van der Waals surface area contributed by atoms with Gasteiger partial charge in [0.1, 0.15) is 0 Å². The van der Waals surface area contributed by atoms with Crippen molar-refractivity contribution >= 4 is 0 Å². The van der Waals surface area contributed by atoms with Gasteiger partial charge in [0.05, 0.1) is 6.10 Å². The normalized spacial score (nSPS) is 15.1. The summed E-state index contributed by atoms with van der Waals surface area (Å²) in [5.41, 5.74) is 2.29. The lowest BCUT2D eigenvalue weighted by Crippen LogP contribution is -2.36. The minimum atomic E-state index is -0.437. The molecule has 2 N–H and O–H groups in total. The van der Waals surface area contributed by atoms with Crippen LogP contribution in [-0.2, 0) is 6.42 Å². The largest absolute Gasteiger partial charge is 0.387 e. The number of benzene rings is 1. The smallest absolute Gasteiger partial charge is 0.0940 e. The molecule has 2 heteroatoms. The van der Waals surface area contributed by atoms with Gasteiger partial charge in [0.2, 0.25) is 0 Å². The lowest BCUT2D eigenvalue weighted by molar-refractivity contribution is 0.132. The van der Waals surface area contributed by atoms with Crippen LogP contribution in [0.5, 0.6) is 0 Å². The van der Waals surface area contributed by atoms with Gasteiger partial charge in [0.25, 0.3) is 0 Å². The molecular formula is C14H23NO. The number of aliphatic hydroxyl groups is 1.